The van der Waals surface area contributed by atoms with E-state index in [0.717, 1.165) is 73.4 Å². The molecule has 4 fully saturated rings. The van der Waals surface area contributed by atoms with Crippen LogP contribution in [0, 0.1) is 35.0 Å². The van der Waals surface area contributed by atoms with Gasteiger partial charge in [-0.05, 0) is 72.7 Å². The highest BCUT2D eigenvalue weighted by atomic mass is 16.1. The Bertz CT molecular complexity index is 1020. The smallest absolute Gasteiger partial charge is 0.270 e. The molecule has 4 saturated carbocycles. The predicted octanol–water partition coefficient (Wildman–Crippen LogP) is 3.45. The minimum absolute atomic E-state index is 0.0180. The Morgan fingerprint density at radius 2 is 1.90 bits per heavy atom. The number of nitrogens with one attached hydrogen (secondary N) is 1. The summed E-state index contributed by atoms with van der Waals surface area (Å²) in [5, 5.41) is 3.34. The molecular formula is C26H30N4O. The zero-order chi connectivity index (χ0) is 20.6. The second-order valence-electron chi connectivity index (χ2n) is 10.9. The summed E-state index contributed by atoms with van der Waals surface area (Å²) in [6, 6.07) is 10.6. The van der Waals surface area contributed by atoms with E-state index in [4.69, 9.17) is 0 Å². The minimum atomic E-state index is 0.0180. The van der Waals surface area contributed by atoms with Crippen molar-refractivity contribution in [1.29, 1.82) is 0 Å². The van der Waals surface area contributed by atoms with Gasteiger partial charge >= 0.3 is 0 Å². The van der Waals surface area contributed by atoms with Gasteiger partial charge in [-0.25, -0.2) is 9.97 Å². The van der Waals surface area contributed by atoms with Crippen molar-refractivity contribution >= 4 is 5.91 Å². The maximum absolute atomic E-state index is 13.2. The van der Waals surface area contributed by atoms with Gasteiger partial charge in [-0.1, -0.05) is 30.3 Å². The molecule has 1 aliphatic heterocycles. The van der Waals surface area contributed by atoms with Crippen molar-refractivity contribution in [2.24, 2.45) is 35.0 Å². The number of nitrogens with zero attached hydrogens (tertiary/aromatic N) is 3. The Balaban J connectivity index is 1.05. The van der Waals surface area contributed by atoms with E-state index in [0.29, 0.717) is 11.1 Å². The van der Waals surface area contributed by atoms with Crippen molar-refractivity contribution < 1.29 is 4.79 Å². The molecule has 0 saturated heterocycles. The number of rotatable bonds is 5. The molecule has 1 aromatic heterocycles. The number of carbonyl (C=O) groups is 1. The van der Waals surface area contributed by atoms with Crippen LogP contribution in [0.1, 0.15) is 53.0 Å². The zero-order valence-electron chi connectivity index (χ0n) is 18.0. The second-order valence-corrected chi connectivity index (χ2v) is 10.9. The fraction of sp³-hybridized carbons (Fsp3) is 0.577. The minimum Gasteiger partial charge on any atom is -0.350 e. The maximum atomic E-state index is 13.2. The first-order chi connectivity index (χ1) is 15.2. The van der Waals surface area contributed by atoms with E-state index in [9.17, 15) is 4.79 Å². The van der Waals surface area contributed by atoms with E-state index in [1.165, 1.54) is 31.2 Å². The molecule has 5 nitrogen and oxygen atoms in total. The van der Waals surface area contributed by atoms with E-state index >= 15 is 0 Å². The number of amides is 1. The van der Waals surface area contributed by atoms with Gasteiger partial charge in [0.25, 0.3) is 5.91 Å². The Morgan fingerprint density at radius 3 is 2.65 bits per heavy atom. The molecule has 1 aromatic carbocycles. The fourth-order valence-corrected chi connectivity index (χ4v) is 8.70. The van der Waals surface area contributed by atoms with Crippen LogP contribution >= 0.6 is 0 Å². The average Bonchev–Trinajstić information content (AvgIpc) is 3.51. The lowest BCUT2D eigenvalue weighted by molar-refractivity contribution is 0.0472. The van der Waals surface area contributed by atoms with Crippen LogP contribution in [0.3, 0.4) is 0 Å². The Morgan fingerprint density at radius 1 is 1.10 bits per heavy atom. The van der Waals surface area contributed by atoms with Crippen molar-refractivity contribution in [2.75, 3.05) is 13.1 Å². The van der Waals surface area contributed by atoms with Gasteiger partial charge in [-0.3, -0.25) is 9.69 Å². The summed E-state index contributed by atoms with van der Waals surface area (Å²) in [4.78, 5) is 24.6. The first-order valence-corrected chi connectivity index (χ1v) is 12.1. The van der Waals surface area contributed by atoms with Gasteiger partial charge in [-0.2, -0.15) is 0 Å². The number of fused-ring (bicyclic) bond motifs is 1. The van der Waals surface area contributed by atoms with E-state index in [1.807, 2.05) is 0 Å². The quantitative estimate of drug-likeness (QED) is 0.814. The third-order valence-electron chi connectivity index (χ3n) is 9.42. The first kappa shape index (κ1) is 18.3. The standard InChI is InChI=1S/C26H30N4O/c31-25(27-14-26-10-18-8-17-9-19(11-26)22(18)23(17)26)24-20-6-7-30(13-21(20)28-15-29-24)12-16-4-2-1-3-5-16/h1-5,15,17-19,22-23H,6-14H2,(H,27,31). The number of benzene rings is 1. The molecule has 0 spiro atoms. The lowest BCUT2D eigenvalue weighted by Gasteiger charge is -2.46. The molecule has 2 aromatic rings. The van der Waals surface area contributed by atoms with Gasteiger partial charge in [0.2, 0.25) is 0 Å². The molecule has 1 N–H and O–H groups in total. The van der Waals surface area contributed by atoms with Crippen molar-refractivity contribution in [3.8, 4) is 0 Å². The van der Waals surface area contributed by atoms with Crippen LogP contribution in [0.4, 0.5) is 0 Å². The number of aromatic nitrogens is 2. The van der Waals surface area contributed by atoms with E-state index in [2.05, 4.69) is 50.5 Å². The first-order valence-electron chi connectivity index (χ1n) is 12.1. The average molecular weight is 415 g/mol. The maximum Gasteiger partial charge on any atom is 0.270 e. The van der Waals surface area contributed by atoms with Crippen molar-refractivity contribution in [3.63, 3.8) is 0 Å². The fourth-order valence-electron chi connectivity index (χ4n) is 8.70. The van der Waals surface area contributed by atoms with Gasteiger partial charge < -0.3 is 5.32 Å². The summed E-state index contributed by atoms with van der Waals surface area (Å²) >= 11 is 0. The highest BCUT2D eigenvalue weighted by molar-refractivity contribution is 5.94. The van der Waals surface area contributed by atoms with Crippen molar-refractivity contribution in [1.82, 2.24) is 20.2 Å². The number of carbonyl (C=O) groups excluding carboxylic acids is 1. The second kappa shape index (κ2) is 6.61. The summed E-state index contributed by atoms with van der Waals surface area (Å²) in [5.74, 6) is 4.79. The van der Waals surface area contributed by atoms with Crippen LogP contribution in [0.2, 0.25) is 0 Å². The Kier molecular flexibility index (Phi) is 3.91. The molecule has 3 unspecified atom stereocenters. The molecule has 7 rings (SSSR count). The van der Waals surface area contributed by atoms with Crippen LogP contribution in [-0.4, -0.2) is 33.9 Å². The van der Waals surface area contributed by atoms with Crippen LogP contribution in [0.5, 0.6) is 0 Å². The molecule has 0 radical (unpaired) electrons. The van der Waals surface area contributed by atoms with Gasteiger partial charge in [0.05, 0.1) is 5.69 Å². The predicted molar refractivity (Wildman–Crippen MR) is 117 cm³/mol. The van der Waals surface area contributed by atoms with Gasteiger partial charge in [0, 0.05) is 31.7 Å². The molecule has 2 heterocycles. The topological polar surface area (TPSA) is 58.1 Å². The molecule has 5 heteroatoms. The normalized spacial score (nSPS) is 36.8. The molecule has 160 valence electrons. The van der Waals surface area contributed by atoms with Crippen molar-refractivity contribution in [3.05, 3.63) is 59.2 Å². The molecule has 5 aliphatic rings. The van der Waals surface area contributed by atoms with Crippen LogP contribution < -0.4 is 5.32 Å². The summed E-state index contributed by atoms with van der Waals surface area (Å²) in [6.45, 7) is 3.50. The summed E-state index contributed by atoms with van der Waals surface area (Å²) in [6.07, 6.45) is 8.07. The Hall–Kier alpha value is -2.27. The largest absolute Gasteiger partial charge is 0.350 e. The van der Waals surface area contributed by atoms with Crippen LogP contribution in [0.15, 0.2) is 36.7 Å². The highest BCUT2D eigenvalue weighted by Crippen LogP contribution is 2.77. The number of hydrogen-bond donors (Lipinski definition) is 1. The van der Waals surface area contributed by atoms with Crippen molar-refractivity contribution in [2.45, 2.75) is 45.2 Å². The third kappa shape index (κ3) is 2.68. The highest BCUT2D eigenvalue weighted by Gasteiger charge is 2.72. The molecule has 31 heavy (non-hydrogen) atoms. The van der Waals surface area contributed by atoms with Crippen LogP contribution in [0.25, 0.3) is 0 Å². The molecule has 4 aliphatic carbocycles. The summed E-state index contributed by atoms with van der Waals surface area (Å²) in [5.41, 5.74) is 4.40. The van der Waals surface area contributed by atoms with E-state index in [-0.39, 0.29) is 5.91 Å². The zero-order valence-corrected chi connectivity index (χ0v) is 18.0. The molecule has 3 atom stereocenters. The molecular weight excluding hydrogens is 384 g/mol. The third-order valence-corrected chi connectivity index (χ3v) is 9.42. The Labute approximate surface area is 183 Å². The van der Waals surface area contributed by atoms with Gasteiger partial charge in [0.1, 0.15) is 12.0 Å². The van der Waals surface area contributed by atoms with Gasteiger partial charge in [0.15, 0.2) is 0 Å². The number of hydrogen-bond acceptors (Lipinski definition) is 4. The van der Waals surface area contributed by atoms with Crippen LogP contribution in [-0.2, 0) is 19.5 Å². The van der Waals surface area contributed by atoms with E-state index < -0.39 is 0 Å². The SMILES string of the molecule is O=C(NCC12CC3CC4CC(C1)C3C42)c1ncnc2c1CCN(Cc1ccccc1)C2. The van der Waals surface area contributed by atoms with E-state index in [1.54, 1.807) is 6.33 Å². The lowest BCUT2D eigenvalue weighted by Crippen LogP contribution is -2.45. The van der Waals surface area contributed by atoms with Gasteiger partial charge in [-0.15, -0.1) is 0 Å². The molecule has 6 bridgehead atoms. The molecule has 1 amide bonds. The summed E-state index contributed by atoms with van der Waals surface area (Å²) < 4.78 is 0. The summed E-state index contributed by atoms with van der Waals surface area (Å²) in [7, 11) is 0. The lowest BCUT2D eigenvalue weighted by atomic mass is 9.61. The monoisotopic (exact) mass is 414 g/mol.